The van der Waals surface area contributed by atoms with E-state index in [2.05, 4.69) is 79.0 Å². The summed E-state index contributed by atoms with van der Waals surface area (Å²) < 4.78 is 0. The van der Waals surface area contributed by atoms with Gasteiger partial charge in [-0.15, -0.1) is 0 Å². The molecule has 2 rings (SSSR count). The van der Waals surface area contributed by atoms with Gasteiger partial charge in [0.05, 0.1) is 0 Å². The summed E-state index contributed by atoms with van der Waals surface area (Å²) in [5.41, 5.74) is 2.61. The van der Waals surface area contributed by atoms with Gasteiger partial charge in [0, 0.05) is 12.6 Å². The molecule has 0 bridgehead atoms. The Morgan fingerprint density at radius 3 is 2.25 bits per heavy atom. The van der Waals surface area contributed by atoms with Crippen LogP contribution in [-0.4, -0.2) is 6.04 Å². The lowest BCUT2D eigenvalue weighted by atomic mass is 10.1. The highest BCUT2D eigenvalue weighted by Crippen LogP contribution is 2.06. The normalized spacial score (nSPS) is 12.7. The average molecular weight is 265 g/mol. The van der Waals surface area contributed by atoms with E-state index in [1.54, 1.807) is 0 Å². The molecule has 1 nitrogen and oxygen atoms in total. The molecular weight excluding hydrogens is 242 g/mol. The molecule has 1 atom stereocenters. The smallest absolute Gasteiger partial charge is 0.0208 e. The number of hydrogen-bond donors (Lipinski definition) is 1. The third kappa shape index (κ3) is 5.02. The standard InChI is InChI=1S/C19H23N/c1-2-19(20-16-18-12-7-4-8-13-18)15-9-14-17-10-5-3-6-11-17/h3-14,19-20H,2,15-16H2,1H3/b14-9+. The molecule has 0 aliphatic rings. The van der Waals surface area contributed by atoms with Gasteiger partial charge in [-0.2, -0.15) is 0 Å². The Morgan fingerprint density at radius 1 is 0.950 bits per heavy atom. The van der Waals surface area contributed by atoms with Gasteiger partial charge in [-0.25, -0.2) is 0 Å². The van der Waals surface area contributed by atoms with E-state index in [9.17, 15) is 0 Å². The van der Waals surface area contributed by atoms with E-state index < -0.39 is 0 Å². The third-order valence-corrected chi connectivity index (χ3v) is 3.46. The predicted octanol–water partition coefficient (Wildman–Crippen LogP) is 4.66. The molecule has 1 unspecified atom stereocenters. The van der Waals surface area contributed by atoms with Gasteiger partial charge in [0.1, 0.15) is 0 Å². The first-order chi connectivity index (χ1) is 9.88. The van der Waals surface area contributed by atoms with Crippen molar-refractivity contribution in [2.45, 2.75) is 32.4 Å². The number of benzene rings is 2. The van der Waals surface area contributed by atoms with Crippen LogP contribution in [0.4, 0.5) is 0 Å². The molecule has 2 aromatic rings. The van der Waals surface area contributed by atoms with Crippen molar-refractivity contribution in [1.29, 1.82) is 0 Å². The van der Waals surface area contributed by atoms with Crippen LogP contribution >= 0.6 is 0 Å². The molecule has 0 aliphatic carbocycles. The van der Waals surface area contributed by atoms with Crippen molar-refractivity contribution in [2.24, 2.45) is 0 Å². The molecule has 0 fully saturated rings. The maximum absolute atomic E-state index is 3.62. The number of rotatable bonds is 7. The fraction of sp³-hybridized carbons (Fsp3) is 0.263. The third-order valence-electron chi connectivity index (χ3n) is 3.46. The quantitative estimate of drug-likeness (QED) is 0.768. The predicted molar refractivity (Wildman–Crippen MR) is 87.5 cm³/mol. The van der Waals surface area contributed by atoms with Gasteiger partial charge in [0.2, 0.25) is 0 Å². The molecule has 20 heavy (non-hydrogen) atoms. The fourth-order valence-corrected chi connectivity index (χ4v) is 2.18. The van der Waals surface area contributed by atoms with Crippen LogP contribution in [0.25, 0.3) is 6.08 Å². The second-order valence-electron chi connectivity index (χ2n) is 5.02. The van der Waals surface area contributed by atoms with E-state index in [4.69, 9.17) is 0 Å². The van der Waals surface area contributed by atoms with E-state index in [-0.39, 0.29) is 0 Å². The minimum Gasteiger partial charge on any atom is -0.310 e. The highest BCUT2D eigenvalue weighted by atomic mass is 14.9. The van der Waals surface area contributed by atoms with Crippen molar-refractivity contribution in [1.82, 2.24) is 5.32 Å². The zero-order chi connectivity index (χ0) is 14.0. The van der Waals surface area contributed by atoms with Crippen LogP contribution in [0.15, 0.2) is 66.7 Å². The highest BCUT2D eigenvalue weighted by molar-refractivity contribution is 5.48. The monoisotopic (exact) mass is 265 g/mol. The van der Waals surface area contributed by atoms with Crippen LogP contribution in [-0.2, 0) is 6.54 Å². The molecule has 0 aliphatic heterocycles. The highest BCUT2D eigenvalue weighted by Gasteiger charge is 2.02. The topological polar surface area (TPSA) is 12.0 Å². The maximum Gasteiger partial charge on any atom is 0.0208 e. The van der Waals surface area contributed by atoms with E-state index in [1.807, 2.05) is 6.07 Å². The minimum absolute atomic E-state index is 0.537. The lowest BCUT2D eigenvalue weighted by Gasteiger charge is -2.15. The average Bonchev–Trinajstić information content (AvgIpc) is 2.52. The zero-order valence-electron chi connectivity index (χ0n) is 12.1. The van der Waals surface area contributed by atoms with E-state index >= 15 is 0 Å². The summed E-state index contributed by atoms with van der Waals surface area (Å²) in [7, 11) is 0. The van der Waals surface area contributed by atoms with Crippen molar-refractivity contribution < 1.29 is 0 Å². The van der Waals surface area contributed by atoms with Crippen LogP contribution in [0.1, 0.15) is 30.9 Å². The van der Waals surface area contributed by atoms with Gasteiger partial charge < -0.3 is 5.32 Å². The molecule has 1 heteroatoms. The molecule has 0 amide bonds. The second kappa shape index (κ2) is 8.34. The Balaban J connectivity index is 1.79. The van der Waals surface area contributed by atoms with Gasteiger partial charge in [-0.1, -0.05) is 79.7 Å². The summed E-state index contributed by atoms with van der Waals surface area (Å²) in [6.45, 7) is 3.18. The Labute approximate surface area is 122 Å². The maximum atomic E-state index is 3.62. The van der Waals surface area contributed by atoms with Gasteiger partial charge in [-0.05, 0) is 24.0 Å². The molecule has 0 saturated heterocycles. The first-order valence-corrected chi connectivity index (χ1v) is 7.37. The summed E-state index contributed by atoms with van der Waals surface area (Å²) in [5, 5.41) is 3.62. The number of hydrogen-bond acceptors (Lipinski definition) is 1. The van der Waals surface area contributed by atoms with Crippen molar-refractivity contribution in [2.75, 3.05) is 0 Å². The molecule has 0 saturated carbocycles. The van der Waals surface area contributed by atoms with Gasteiger partial charge >= 0.3 is 0 Å². The molecule has 0 radical (unpaired) electrons. The molecule has 0 heterocycles. The molecule has 104 valence electrons. The van der Waals surface area contributed by atoms with Gasteiger partial charge in [0.25, 0.3) is 0 Å². The first kappa shape index (κ1) is 14.5. The summed E-state index contributed by atoms with van der Waals surface area (Å²) >= 11 is 0. The van der Waals surface area contributed by atoms with Crippen LogP contribution in [0.3, 0.4) is 0 Å². The Kier molecular flexibility index (Phi) is 6.07. The summed E-state index contributed by atoms with van der Waals surface area (Å²) in [6, 6.07) is 21.6. The Morgan fingerprint density at radius 2 is 1.60 bits per heavy atom. The molecule has 1 N–H and O–H groups in total. The Hall–Kier alpha value is -1.86. The zero-order valence-corrected chi connectivity index (χ0v) is 12.1. The van der Waals surface area contributed by atoms with Crippen molar-refractivity contribution in [3.8, 4) is 0 Å². The largest absolute Gasteiger partial charge is 0.310 e. The summed E-state index contributed by atoms with van der Waals surface area (Å²) in [6.07, 6.45) is 6.68. The van der Waals surface area contributed by atoms with Crippen molar-refractivity contribution in [3.05, 3.63) is 77.9 Å². The van der Waals surface area contributed by atoms with Crippen LogP contribution < -0.4 is 5.32 Å². The summed E-state index contributed by atoms with van der Waals surface area (Å²) in [4.78, 5) is 0. The van der Waals surface area contributed by atoms with Crippen LogP contribution in [0, 0.1) is 0 Å². The van der Waals surface area contributed by atoms with E-state index in [0.717, 1.165) is 19.4 Å². The molecular formula is C19H23N. The molecule has 2 aromatic carbocycles. The Bertz CT molecular complexity index is 502. The molecule has 0 spiro atoms. The van der Waals surface area contributed by atoms with Crippen molar-refractivity contribution in [3.63, 3.8) is 0 Å². The van der Waals surface area contributed by atoms with Crippen LogP contribution in [0.5, 0.6) is 0 Å². The van der Waals surface area contributed by atoms with Crippen molar-refractivity contribution >= 4 is 6.08 Å². The van der Waals surface area contributed by atoms with Crippen LogP contribution in [0.2, 0.25) is 0 Å². The lowest BCUT2D eigenvalue weighted by molar-refractivity contribution is 0.502. The van der Waals surface area contributed by atoms with Gasteiger partial charge in [-0.3, -0.25) is 0 Å². The SMILES string of the molecule is CCC(C/C=C/c1ccccc1)NCc1ccccc1. The van der Waals surface area contributed by atoms with Gasteiger partial charge in [0.15, 0.2) is 0 Å². The second-order valence-corrected chi connectivity index (χ2v) is 5.02. The molecule has 0 aromatic heterocycles. The van der Waals surface area contributed by atoms with E-state index in [1.165, 1.54) is 11.1 Å². The lowest BCUT2D eigenvalue weighted by Crippen LogP contribution is -2.27. The minimum atomic E-state index is 0.537. The first-order valence-electron chi connectivity index (χ1n) is 7.37. The number of nitrogens with one attached hydrogen (secondary N) is 1. The summed E-state index contributed by atoms with van der Waals surface area (Å²) in [5.74, 6) is 0. The fourth-order valence-electron chi connectivity index (χ4n) is 2.18. The van der Waals surface area contributed by atoms with E-state index in [0.29, 0.717) is 6.04 Å².